The third-order valence-electron chi connectivity index (χ3n) is 2.19. The molecule has 0 radical (unpaired) electrons. The molecule has 6 nitrogen and oxygen atoms in total. The molecular weight excluding hydrogens is 186 g/mol. The van der Waals surface area contributed by atoms with Crippen LogP contribution in [0.5, 0.6) is 0 Å². The van der Waals surface area contributed by atoms with E-state index in [2.05, 4.69) is 10.3 Å². The van der Waals surface area contributed by atoms with Crippen molar-refractivity contribution in [1.29, 1.82) is 0 Å². The first-order chi connectivity index (χ1) is 6.66. The Morgan fingerprint density at radius 2 is 1.57 bits per heavy atom. The molecule has 1 N–H and O–H groups in total. The van der Waals surface area contributed by atoms with Crippen LogP contribution in [0.3, 0.4) is 0 Å². The highest BCUT2D eigenvalue weighted by molar-refractivity contribution is 5.83. The van der Waals surface area contributed by atoms with Crippen molar-refractivity contribution in [3.8, 4) is 0 Å². The first-order valence-corrected chi connectivity index (χ1v) is 4.52. The average molecular weight is 199 g/mol. The maximum absolute atomic E-state index is 9.72. The Balaban J connectivity index is 1.88. The molecule has 2 aliphatic rings. The van der Waals surface area contributed by atoms with Crippen LogP contribution in [-0.4, -0.2) is 34.1 Å². The zero-order chi connectivity index (χ0) is 10.1. The molecule has 0 aromatic heterocycles. The van der Waals surface area contributed by atoms with Crippen LogP contribution in [0, 0.1) is 0 Å². The molecule has 0 aromatic carbocycles. The Kier molecular flexibility index (Phi) is 2.39. The van der Waals surface area contributed by atoms with E-state index in [0.717, 1.165) is 16.5 Å². The minimum atomic E-state index is -0.443. The van der Waals surface area contributed by atoms with Crippen LogP contribution in [0.2, 0.25) is 0 Å². The molecule has 2 unspecified atom stereocenters. The fourth-order valence-electron chi connectivity index (χ4n) is 1.43. The molecule has 0 bridgehead atoms. The highest BCUT2D eigenvalue weighted by Gasteiger charge is 2.34. The molecule has 2 aliphatic heterocycles. The standard InChI is InChI=1S/C8H13N3O3/c1-5-3-7(13-9-5)11(12)8-4-6(2)10-14-8/h7-8,12H,3-4H2,1-2H3. The van der Waals surface area contributed by atoms with Gasteiger partial charge in [0.1, 0.15) is 0 Å². The van der Waals surface area contributed by atoms with Crippen LogP contribution in [0.25, 0.3) is 0 Å². The van der Waals surface area contributed by atoms with Crippen LogP contribution >= 0.6 is 0 Å². The largest absolute Gasteiger partial charge is 0.374 e. The Hall–Kier alpha value is -1.14. The molecule has 2 rings (SSSR count). The lowest BCUT2D eigenvalue weighted by molar-refractivity contribution is -0.280. The number of hydroxylamine groups is 2. The lowest BCUT2D eigenvalue weighted by Gasteiger charge is -2.23. The molecule has 0 amide bonds. The SMILES string of the molecule is CC1=NOC(N(O)C2CC(C)=NO2)C1. The molecule has 0 saturated carbocycles. The van der Waals surface area contributed by atoms with Gasteiger partial charge in [-0.25, -0.2) is 0 Å². The summed E-state index contributed by atoms with van der Waals surface area (Å²) in [4.78, 5) is 10.0. The molecule has 0 saturated heterocycles. The Bertz CT molecular complexity index is 262. The van der Waals surface area contributed by atoms with Gasteiger partial charge >= 0.3 is 0 Å². The molecule has 2 atom stereocenters. The highest BCUT2D eigenvalue weighted by Crippen LogP contribution is 2.20. The van der Waals surface area contributed by atoms with Gasteiger partial charge in [0.15, 0.2) is 0 Å². The van der Waals surface area contributed by atoms with Crippen LogP contribution in [0.4, 0.5) is 0 Å². The number of nitrogens with zero attached hydrogens (tertiary/aromatic N) is 3. The van der Waals surface area contributed by atoms with Gasteiger partial charge in [-0.1, -0.05) is 10.3 Å². The Morgan fingerprint density at radius 3 is 1.86 bits per heavy atom. The van der Waals surface area contributed by atoms with E-state index in [1.165, 1.54) is 0 Å². The van der Waals surface area contributed by atoms with Gasteiger partial charge in [0.25, 0.3) is 0 Å². The van der Waals surface area contributed by atoms with Crippen molar-refractivity contribution in [2.24, 2.45) is 10.3 Å². The summed E-state index contributed by atoms with van der Waals surface area (Å²) in [6.07, 6.45) is 0.298. The summed E-state index contributed by atoms with van der Waals surface area (Å²) in [6, 6.07) is 0. The molecule has 0 spiro atoms. The predicted molar refractivity (Wildman–Crippen MR) is 48.8 cm³/mol. The molecule has 14 heavy (non-hydrogen) atoms. The fraction of sp³-hybridized carbons (Fsp3) is 0.750. The summed E-state index contributed by atoms with van der Waals surface area (Å²) in [7, 11) is 0. The van der Waals surface area contributed by atoms with Crippen LogP contribution < -0.4 is 0 Å². The lowest BCUT2D eigenvalue weighted by Crippen LogP contribution is -2.40. The van der Waals surface area contributed by atoms with E-state index < -0.39 is 12.5 Å². The molecule has 0 aromatic rings. The van der Waals surface area contributed by atoms with E-state index in [4.69, 9.17) is 9.68 Å². The van der Waals surface area contributed by atoms with Crippen molar-refractivity contribution in [1.82, 2.24) is 5.06 Å². The molecule has 78 valence electrons. The lowest BCUT2D eigenvalue weighted by atomic mass is 10.2. The maximum Gasteiger partial charge on any atom is 0.211 e. The molecular formula is C8H13N3O3. The van der Waals surface area contributed by atoms with Crippen LogP contribution in [-0.2, 0) is 9.68 Å². The van der Waals surface area contributed by atoms with Gasteiger partial charge in [0.05, 0.1) is 11.4 Å². The van der Waals surface area contributed by atoms with Gasteiger partial charge in [-0.2, -0.15) is 0 Å². The van der Waals surface area contributed by atoms with Crippen molar-refractivity contribution in [2.45, 2.75) is 39.1 Å². The minimum Gasteiger partial charge on any atom is -0.374 e. The van der Waals surface area contributed by atoms with E-state index >= 15 is 0 Å². The third kappa shape index (κ3) is 1.71. The first-order valence-electron chi connectivity index (χ1n) is 4.52. The van der Waals surface area contributed by atoms with E-state index in [1.807, 2.05) is 13.8 Å². The maximum atomic E-state index is 9.72. The van der Waals surface area contributed by atoms with E-state index in [1.54, 1.807) is 0 Å². The summed E-state index contributed by atoms with van der Waals surface area (Å²) in [6.45, 7) is 3.70. The van der Waals surface area contributed by atoms with Gasteiger partial charge in [0, 0.05) is 12.8 Å². The number of oxime groups is 2. The minimum absolute atomic E-state index is 0.443. The quantitative estimate of drug-likeness (QED) is 0.671. The second kappa shape index (κ2) is 3.55. The van der Waals surface area contributed by atoms with Gasteiger partial charge in [-0.05, 0) is 13.8 Å². The third-order valence-corrected chi connectivity index (χ3v) is 2.19. The number of rotatable bonds is 2. The van der Waals surface area contributed by atoms with Crippen LogP contribution in [0.1, 0.15) is 26.7 Å². The summed E-state index contributed by atoms with van der Waals surface area (Å²) < 4.78 is 0. The van der Waals surface area contributed by atoms with Crippen molar-refractivity contribution in [2.75, 3.05) is 0 Å². The summed E-state index contributed by atoms with van der Waals surface area (Å²) in [5.74, 6) is 0. The van der Waals surface area contributed by atoms with Crippen molar-refractivity contribution < 1.29 is 14.9 Å². The second-order valence-corrected chi connectivity index (χ2v) is 3.56. The van der Waals surface area contributed by atoms with Crippen LogP contribution in [0.15, 0.2) is 10.3 Å². The summed E-state index contributed by atoms with van der Waals surface area (Å²) in [5, 5.41) is 18.3. The number of hydrogen-bond donors (Lipinski definition) is 1. The second-order valence-electron chi connectivity index (χ2n) is 3.56. The average Bonchev–Trinajstić information content (AvgIpc) is 2.73. The highest BCUT2D eigenvalue weighted by atomic mass is 16.7. The van der Waals surface area contributed by atoms with E-state index in [0.29, 0.717) is 12.8 Å². The Labute approximate surface area is 81.7 Å². The molecule has 2 heterocycles. The summed E-state index contributed by atoms with van der Waals surface area (Å²) in [5.41, 5.74) is 1.73. The normalized spacial score (nSPS) is 31.1. The van der Waals surface area contributed by atoms with Gasteiger partial charge in [0.2, 0.25) is 12.5 Å². The molecule has 6 heteroatoms. The zero-order valence-electron chi connectivity index (χ0n) is 8.17. The van der Waals surface area contributed by atoms with Crippen molar-refractivity contribution in [3.05, 3.63) is 0 Å². The first kappa shape index (κ1) is 9.42. The monoisotopic (exact) mass is 199 g/mol. The van der Waals surface area contributed by atoms with Crippen molar-refractivity contribution in [3.63, 3.8) is 0 Å². The molecule has 0 aliphatic carbocycles. The topological polar surface area (TPSA) is 66.7 Å². The Morgan fingerprint density at radius 1 is 1.14 bits per heavy atom. The summed E-state index contributed by atoms with van der Waals surface area (Å²) >= 11 is 0. The van der Waals surface area contributed by atoms with Gasteiger partial charge < -0.3 is 14.9 Å². The fourth-order valence-corrected chi connectivity index (χ4v) is 1.43. The van der Waals surface area contributed by atoms with Gasteiger partial charge in [-0.15, -0.1) is 5.06 Å². The van der Waals surface area contributed by atoms with E-state index in [9.17, 15) is 5.21 Å². The number of hydrogen-bond acceptors (Lipinski definition) is 6. The van der Waals surface area contributed by atoms with Gasteiger partial charge in [-0.3, -0.25) is 0 Å². The zero-order valence-corrected chi connectivity index (χ0v) is 8.17. The van der Waals surface area contributed by atoms with Crippen molar-refractivity contribution >= 4 is 11.4 Å². The predicted octanol–water partition coefficient (Wildman–Crippen LogP) is 0.922. The smallest absolute Gasteiger partial charge is 0.211 e. The molecule has 0 fully saturated rings. The van der Waals surface area contributed by atoms with E-state index in [-0.39, 0.29) is 0 Å².